The quantitative estimate of drug-likeness (QED) is 0.314. The van der Waals surface area contributed by atoms with Gasteiger partial charge in [-0.15, -0.1) is 0 Å². The van der Waals surface area contributed by atoms with Crippen LogP contribution in [0.5, 0.6) is 5.75 Å². The molecule has 1 unspecified atom stereocenters. The average molecular weight is 593 g/mol. The van der Waals surface area contributed by atoms with Crippen LogP contribution >= 0.6 is 23.2 Å². The molecule has 0 saturated carbocycles. The number of ether oxygens (including phenoxy) is 1. The second kappa shape index (κ2) is 13.7. The van der Waals surface area contributed by atoms with E-state index in [0.717, 1.165) is 4.31 Å². The molecule has 3 rings (SSSR count). The lowest BCUT2D eigenvalue weighted by Crippen LogP contribution is -2.52. The molecule has 208 valence electrons. The summed E-state index contributed by atoms with van der Waals surface area (Å²) < 4.78 is 34.2. The Hall–Kier alpha value is -3.27. The smallest absolute Gasteiger partial charge is 0.264 e. The summed E-state index contributed by atoms with van der Waals surface area (Å²) in [5, 5.41) is 3.42. The van der Waals surface area contributed by atoms with Crippen LogP contribution in [0, 0.1) is 0 Å². The fourth-order valence-corrected chi connectivity index (χ4v) is 5.88. The Labute approximate surface area is 239 Å². The molecule has 3 aromatic rings. The Balaban J connectivity index is 2.10. The topological polar surface area (TPSA) is 96.0 Å². The number of methoxy groups -OCH3 is 1. The first-order chi connectivity index (χ1) is 18.6. The molecule has 0 aliphatic carbocycles. The van der Waals surface area contributed by atoms with Gasteiger partial charge in [-0.3, -0.25) is 13.9 Å². The van der Waals surface area contributed by atoms with Crippen molar-refractivity contribution in [1.82, 2.24) is 10.2 Å². The summed E-state index contributed by atoms with van der Waals surface area (Å²) >= 11 is 12.3. The summed E-state index contributed by atoms with van der Waals surface area (Å²) in [4.78, 5) is 28.4. The number of anilines is 1. The Morgan fingerprint density at radius 3 is 2.23 bits per heavy atom. The molecule has 11 heteroatoms. The van der Waals surface area contributed by atoms with Gasteiger partial charge < -0.3 is 15.0 Å². The highest BCUT2D eigenvalue weighted by molar-refractivity contribution is 7.92. The Morgan fingerprint density at radius 2 is 1.62 bits per heavy atom. The predicted octanol–water partition coefficient (Wildman–Crippen LogP) is 5.14. The lowest BCUT2D eigenvalue weighted by atomic mass is 10.1. The van der Waals surface area contributed by atoms with Gasteiger partial charge in [0, 0.05) is 13.1 Å². The number of rotatable bonds is 12. The summed E-state index contributed by atoms with van der Waals surface area (Å²) in [7, 11) is -2.77. The van der Waals surface area contributed by atoms with Crippen molar-refractivity contribution in [3.05, 3.63) is 88.4 Å². The number of amides is 2. The van der Waals surface area contributed by atoms with E-state index in [0.29, 0.717) is 28.6 Å². The van der Waals surface area contributed by atoms with Gasteiger partial charge in [0.1, 0.15) is 18.3 Å². The molecule has 0 aliphatic heterocycles. The first-order valence-corrected chi connectivity index (χ1v) is 14.6. The van der Waals surface area contributed by atoms with Gasteiger partial charge in [-0.25, -0.2) is 8.42 Å². The molecular weight excluding hydrogens is 561 g/mol. The molecule has 0 aliphatic rings. The maximum atomic E-state index is 14.0. The Bertz CT molecular complexity index is 1400. The zero-order valence-corrected chi connectivity index (χ0v) is 24.3. The van der Waals surface area contributed by atoms with Crippen LogP contribution in [-0.2, 0) is 26.2 Å². The maximum Gasteiger partial charge on any atom is 0.264 e. The van der Waals surface area contributed by atoms with Crippen LogP contribution in [0.25, 0.3) is 0 Å². The first-order valence-electron chi connectivity index (χ1n) is 12.4. The summed E-state index contributed by atoms with van der Waals surface area (Å²) in [5.74, 6) is -0.649. The number of likely N-dealkylation sites (N-methyl/N-ethyl adjacent to an activating group) is 1. The summed E-state index contributed by atoms with van der Waals surface area (Å²) in [6.07, 6.45) is 0.305. The van der Waals surface area contributed by atoms with Crippen LogP contribution in [0.15, 0.2) is 77.7 Å². The third-order valence-corrected chi connectivity index (χ3v) is 8.55. The van der Waals surface area contributed by atoms with Crippen LogP contribution in [0.2, 0.25) is 10.0 Å². The number of hydrogen-bond donors (Lipinski definition) is 1. The average Bonchev–Trinajstić information content (AvgIpc) is 2.94. The summed E-state index contributed by atoms with van der Waals surface area (Å²) in [5.41, 5.74) is 0.827. The first kappa shape index (κ1) is 30.3. The highest BCUT2D eigenvalue weighted by atomic mass is 35.5. The van der Waals surface area contributed by atoms with Gasteiger partial charge in [0.05, 0.1) is 27.7 Å². The lowest BCUT2D eigenvalue weighted by molar-refractivity contribution is -0.140. The number of benzene rings is 3. The molecule has 1 N–H and O–H groups in total. The molecule has 0 saturated heterocycles. The molecule has 2 amide bonds. The van der Waals surface area contributed by atoms with Crippen molar-refractivity contribution in [2.75, 3.05) is 24.5 Å². The number of nitrogens with zero attached hydrogens (tertiary/aromatic N) is 2. The molecule has 0 radical (unpaired) electrons. The fourth-order valence-electron chi connectivity index (χ4n) is 4.12. The van der Waals surface area contributed by atoms with Crippen LogP contribution in [-0.4, -0.2) is 51.4 Å². The SMILES string of the molecule is CCNC(=O)C(CC)N(Cc1ccc(Cl)c(Cl)c1)C(=O)CN(c1ccccc1OC)S(=O)(=O)c1ccccc1. The van der Waals surface area contributed by atoms with Crippen LogP contribution in [0.3, 0.4) is 0 Å². The number of hydrogen-bond acceptors (Lipinski definition) is 5. The molecule has 0 spiro atoms. The van der Waals surface area contributed by atoms with Crippen LogP contribution in [0.4, 0.5) is 5.69 Å². The van der Waals surface area contributed by atoms with E-state index >= 15 is 0 Å². The number of carbonyl (C=O) groups is 2. The molecule has 0 aromatic heterocycles. The van der Waals surface area contributed by atoms with Gasteiger partial charge in [0.25, 0.3) is 10.0 Å². The van der Waals surface area contributed by atoms with Gasteiger partial charge in [0.15, 0.2) is 0 Å². The number of halogens is 2. The molecule has 3 aromatic carbocycles. The van der Waals surface area contributed by atoms with E-state index in [4.69, 9.17) is 27.9 Å². The second-order valence-electron chi connectivity index (χ2n) is 8.59. The maximum absolute atomic E-state index is 14.0. The Morgan fingerprint density at radius 1 is 0.949 bits per heavy atom. The second-order valence-corrected chi connectivity index (χ2v) is 11.3. The van der Waals surface area contributed by atoms with Gasteiger partial charge in [-0.05, 0) is 55.3 Å². The minimum Gasteiger partial charge on any atom is -0.495 e. The summed E-state index contributed by atoms with van der Waals surface area (Å²) in [6.45, 7) is 3.38. The third kappa shape index (κ3) is 7.23. The molecule has 0 fully saturated rings. The van der Waals surface area contributed by atoms with E-state index in [1.165, 1.54) is 24.1 Å². The van der Waals surface area contributed by atoms with E-state index in [1.807, 2.05) is 0 Å². The number of carbonyl (C=O) groups excluding carboxylic acids is 2. The number of sulfonamides is 1. The molecule has 1 atom stereocenters. The van der Waals surface area contributed by atoms with Crippen molar-refractivity contribution < 1.29 is 22.7 Å². The van der Waals surface area contributed by atoms with Gasteiger partial charge in [0.2, 0.25) is 11.8 Å². The van der Waals surface area contributed by atoms with E-state index in [9.17, 15) is 18.0 Å². The van der Waals surface area contributed by atoms with Crippen LogP contribution < -0.4 is 14.4 Å². The molecular formula is C28H31Cl2N3O5S. The van der Waals surface area contributed by atoms with Crippen LogP contribution in [0.1, 0.15) is 25.8 Å². The van der Waals surface area contributed by atoms with E-state index in [1.54, 1.807) is 74.5 Å². The fraction of sp³-hybridized carbons (Fsp3) is 0.286. The molecule has 8 nitrogen and oxygen atoms in total. The number of nitrogens with one attached hydrogen (secondary N) is 1. The monoisotopic (exact) mass is 591 g/mol. The molecule has 0 bridgehead atoms. The summed E-state index contributed by atoms with van der Waals surface area (Å²) in [6, 6.07) is 18.5. The van der Waals surface area contributed by atoms with Gasteiger partial charge >= 0.3 is 0 Å². The normalized spacial score (nSPS) is 11.9. The largest absolute Gasteiger partial charge is 0.495 e. The van der Waals surface area contributed by atoms with Crippen molar-refractivity contribution in [3.63, 3.8) is 0 Å². The zero-order chi connectivity index (χ0) is 28.6. The van der Waals surface area contributed by atoms with E-state index in [2.05, 4.69) is 5.32 Å². The third-order valence-electron chi connectivity index (χ3n) is 6.04. The van der Waals surface area contributed by atoms with Crippen molar-refractivity contribution >= 4 is 50.7 Å². The van der Waals surface area contributed by atoms with Crippen molar-refractivity contribution in [1.29, 1.82) is 0 Å². The number of para-hydroxylation sites is 2. The zero-order valence-electron chi connectivity index (χ0n) is 21.9. The minimum absolute atomic E-state index is 0.00973. The van der Waals surface area contributed by atoms with Crippen molar-refractivity contribution in [3.8, 4) is 5.75 Å². The Kier molecular flexibility index (Phi) is 10.6. The lowest BCUT2D eigenvalue weighted by Gasteiger charge is -2.33. The van der Waals surface area contributed by atoms with E-state index in [-0.39, 0.29) is 28.8 Å². The molecule has 39 heavy (non-hydrogen) atoms. The molecule has 0 heterocycles. The van der Waals surface area contributed by atoms with Crippen molar-refractivity contribution in [2.45, 2.75) is 37.8 Å². The van der Waals surface area contributed by atoms with E-state index < -0.39 is 28.5 Å². The van der Waals surface area contributed by atoms with Crippen molar-refractivity contribution in [2.24, 2.45) is 0 Å². The standard InChI is InChI=1S/C28H31Cl2N3O5S/c1-4-24(28(35)31-5-2)32(18-20-15-16-22(29)23(30)17-20)27(34)19-33(25-13-9-10-14-26(25)38-3)39(36,37)21-11-7-6-8-12-21/h6-17,24H,4-5,18-19H2,1-3H3,(H,31,35). The predicted molar refractivity (Wildman–Crippen MR) is 154 cm³/mol. The highest BCUT2D eigenvalue weighted by Gasteiger charge is 2.34. The van der Waals surface area contributed by atoms with Gasteiger partial charge in [-0.1, -0.05) is 66.5 Å². The van der Waals surface area contributed by atoms with Gasteiger partial charge in [-0.2, -0.15) is 0 Å². The highest BCUT2D eigenvalue weighted by Crippen LogP contribution is 2.32. The minimum atomic E-state index is -4.20.